The first-order chi connectivity index (χ1) is 8.13. The highest BCUT2D eigenvalue weighted by Crippen LogP contribution is 2.30. The Kier molecular flexibility index (Phi) is 3.79. The number of halogens is 1. The minimum absolute atomic E-state index is 0.116. The number of nitrogens with two attached hydrogens (primary N) is 1. The highest BCUT2D eigenvalue weighted by molar-refractivity contribution is 5.27. The standard InChI is InChI=1S/C14H21FN2/c1-3-17-8-4-5-13(16)14(17)11-7-6-10(2)12(15)9-11/h6-7,9,13-14H,3-5,8,16H2,1-2H3. The van der Waals surface area contributed by atoms with Gasteiger partial charge >= 0.3 is 0 Å². The lowest BCUT2D eigenvalue weighted by Gasteiger charge is -2.39. The second-order valence-electron chi connectivity index (χ2n) is 4.89. The Bertz CT molecular complexity index is 392. The molecule has 0 aromatic heterocycles. The Morgan fingerprint density at radius 1 is 1.47 bits per heavy atom. The van der Waals surface area contributed by atoms with Gasteiger partial charge in [-0.05, 0) is 50.0 Å². The van der Waals surface area contributed by atoms with Crippen LogP contribution in [0.3, 0.4) is 0 Å². The fraction of sp³-hybridized carbons (Fsp3) is 0.571. The summed E-state index contributed by atoms with van der Waals surface area (Å²) in [5.41, 5.74) is 7.91. The van der Waals surface area contributed by atoms with E-state index >= 15 is 0 Å². The SMILES string of the molecule is CCN1CCCC(N)C1c1ccc(C)c(F)c1. The molecule has 0 spiro atoms. The van der Waals surface area contributed by atoms with Crippen molar-refractivity contribution in [2.45, 2.75) is 38.8 Å². The van der Waals surface area contributed by atoms with Crippen molar-refractivity contribution in [2.24, 2.45) is 5.73 Å². The van der Waals surface area contributed by atoms with Crippen LogP contribution in [0.25, 0.3) is 0 Å². The summed E-state index contributed by atoms with van der Waals surface area (Å²) in [5.74, 6) is -0.128. The molecule has 2 unspecified atom stereocenters. The minimum atomic E-state index is -0.128. The summed E-state index contributed by atoms with van der Waals surface area (Å²) in [5, 5.41) is 0. The van der Waals surface area contributed by atoms with Gasteiger partial charge in [-0.25, -0.2) is 4.39 Å². The predicted molar refractivity (Wildman–Crippen MR) is 68.3 cm³/mol. The van der Waals surface area contributed by atoms with Crippen molar-refractivity contribution in [2.75, 3.05) is 13.1 Å². The second kappa shape index (κ2) is 5.15. The van der Waals surface area contributed by atoms with Crippen LogP contribution in [0.4, 0.5) is 4.39 Å². The van der Waals surface area contributed by atoms with Gasteiger partial charge < -0.3 is 5.73 Å². The van der Waals surface area contributed by atoms with Crippen LogP contribution < -0.4 is 5.73 Å². The monoisotopic (exact) mass is 236 g/mol. The fourth-order valence-electron chi connectivity index (χ4n) is 2.70. The van der Waals surface area contributed by atoms with Gasteiger partial charge in [0, 0.05) is 12.1 Å². The summed E-state index contributed by atoms with van der Waals surface area (Å²) in [7, 11) is 0. The van der Waals surface area contributed by atoms with Crippen molar-refractivity contribution in [1.82, 2.24) is 4.90 Å². The predicted octanol–water partition coefficient (Wildman–Crippen LogP) is 2.62. The molecule has 3 heteroatoms. The topological polar surface area (TPSA) is 29.3 Å². The van der Waals surface area contributed by atoms with E-state index in [2.05, 4.69) is 11.8 Å². The van der Waals surface area contributed by atoms with Crippen LogP contribution in [0.2, 0.25) is 0 Å². The summed E-state index contributed by atoms with van der Waals surface area (Å²) in [4.78, 5) is 2.35. The van der Waals surface area contributed by atoms with Gasteiger partial charge in [-0.3, -0.25) is 4.90 Å². The van der Waals surface area contributed by atoms with Crippen molar-refractivity contribution < 1.29 is 4.39 Å². The summed E-state index contributed by atoms with van der Waals surface area (Å²) in [6, 6.07) is 5.79. The van der Waals surface area contributed by atoms with Crippen LogP contribution in [0.5, 0.6) is 0 Å². The van der Waals surface area contributed by atoms with Gasteiger partial charge in [0.05, 0.1) is 0 Å². The Labute approximate surface area is 103 Å². The average Bonchev–Trinajstić information content (AvgIpc) is 2.32. The molecule has 17 heavy (non-hydrogen) atoms. The van der Waals surface area contributed by atoms with E-state index in [1.165, 1.54) is 0 Å². The quantitative estimate of drug-likeness (QED) is 0.855. The maximum absolute atomic E-state index is 13.6. The van der Waals surface area contributed by atoms with Gasteiger partial charge in [-0.2, -0.15) is 0 Å². The van der Waals surface area contributed by atoms with E-state index in [0.29, 0.717) is 5.56 Å². The van der Waals surface area contributed by atoms with Crippen molar-refractivity contribution >= 4 is 0 Å². The summed E-state index contributed by atoms with van der Waals surface area (Å²) in [6.45, 7) is 5.95. The second-order valence-corrected chi connectivity index (χ2v) is 4.89. The molecule has 0 aliphatic carbocycles. The molecule has 1 aliphatic rings. The van der Waals surface area contributed by atoms with Crippen LogP contribution in [0, 0.1) is 12.7 Å². The van der Waals surface area contributed by atoms with Crippen LogP contribution >= 0.6 is 0 Å². The van der Waals surface area contributed by atoms with Crippen molar-refractivity contribution in [3.63, 3.8) is 0 Å². The van der Waals surface area contributed by atoms with Crippen molar-refractivity contribution in [3.05, 3.63) is 35.1 Å². The van der Waals surface area contributed by atoms with E-state index in [4.69, 9.17) is 5.73 Å². The first-order valence-electron chi connectivity index (χ1n) is 6.39. The molecular formula is C14H21FN2. The number of likely N-dealkylation sites (tertiary alicyclic amines) is 1. The molecule has 1 fully saturated rings. The van der Waals surface area contributed by atoms with Gasteiger partial charge in [-0.1, -0.05) is 19.1 Å². The molecule has 0 radical (unpaired) electrons. The minimum Gasteiger partial charge on any atom is -0.326 e. The number of hydrogen-bond acceptors (Lipinski definition) is 2. The molecule has 1 aliphatic heterocycles. The van der Waals surface area contributed by atoms with Crippen molar-refractivity contribution in [1.29, 1.82) is 0 Å². The Balaban J connectivity index is 2.31. The van der Waals surface area contributed by atoms with Gasteiger partial charge in [0.25, 0.3) is 0 Å². The molecule has 0 amide bonds. The Hall–Kier alpha value is -0.930. The number of aryl methyl sites for hydroxylation is 1. The van der Waals surface area contributed by atoms with Gasteiger partial charge in [-0.15, -0.1) is 0 Å². The summed E-state index contributed by atoms with van der Waals surface area (Å²) < 4.78 is 13.6. The average molecular weight is 236 g/mol. The molecular weight excluding hydrogens is 215 g/mol. The number of likely N-dealkylation sites (N-methyl/N-ethyl adjacent to an activating group) is 1. The Morgan fingerprint density at radius 2 is 2.24 bits per heavy atom. The van der Waals surface area contributed by atoms with E-state index in [9.17, 15) is 4.39 Å². The van der Waals surface area contributed by atoms with Crippen LogP contribution in [0.1, 0.15) is 36.9 Å². The molecule has 1 saturated heterocycles. The molecule has 1 heterocycles. The maximum Gasteiger partial charge on any atom is 0.126 e. The largest absolute Gasteiger partial charge is 0.326 e. The van der Waals surface area contributed by atoms with Crippen LogP contribution in [0.15, 0.2) is 18.2 Å². The molecule has 0 bridgehead atoms. The third-order valence-corrected chi connectivity index (χ3v) is 3.73. The van der Waals surface area contributed by atoms with Gasteiger partial charge in [0.2, 0.25) is 0 Å². The number of nitrogens with zero attached hydrogens (tertiary/aromatic N) is 1. The van der Waals surface area contributed by atoms with Crippen molar-refractivity contribution in [3.8, 4) is 0 Å². The molecule has 2 nitrogen and oxygen atoms in total. The van der Waals surface area contributed by atoms with Crippen LogP contribution in [-0.4, -0.2) is 24.0 Å². The number of hydrogen-bond donors (Lipinski definition) is 1. The number of piperidine rings is 1. The van der Waals surface area contributed by atoms with Gasteiger partial charge in [0.1, 0.15) is 5.82 Å². The smallest absolute Gasteiger partial charge is 0.126 e. The van der Waals surface area contributed by atoms with Crippen LogP contribution in [-0.2, 0) is 0 Å². The molecule has 1 aromatic carbocycles. The maximum atomic E-state index is 13.6. The first-order valence-corrected chi connectivity index (χ1v) is 6.39. The molecule has 2 rings (SSSR count). The summed E-state index contributed by atoms with van der Waals surface area (Å²) in [6.07, 6.45) is 2.16. The lowest BCUT2D eigenvalue weighted by molar-refractivity contribution is 0.135. The Morgan fingerprint density at radius 3 is 2.88 bits per heavy atom. The zero-order chi connectivity index (χ0) is 12.4. The van der Waals surface area contributed by atoms with E-state index in [0.717, 1.165) is 31.5 Å². The van der Waals surface area contributed by atoms with E-state index < -0.39 is 0 Å². The third-order valence-electron chi connectivity index (χ3n) is 3.73. The molecule has 0 saturated carbocycles. The van der Waals surface area contributed by atoms with E-state index in [1.54, 1.807) is 13.0 Å². The zero-order valence-corrected chi connectivity index (χ0v) is 10.6. The van der Waals surface area contributed by atoms with E-state index in [-0.39, 0.29) is 17.9 Å². The zero-order valence-electron chi connectivity index (χ0n) is 10.6. The summed E-state index contributed by atoms with van der Waals surface area (Å²) >= 11 is 0. The number of benzene rings is 1. The molecule has 1 aromatic rings. The molecule has 2 atom stereocenters. The molecule has 2 N–H and O–H groups in total. The number of rotatable bonds is 2. The third kappa shape index (κ3) is 2.50. The first kappa shape index (κ1) is 12.5. The highest BCUT2D eigenvalue weighted by Gasteiger charge is 2.29. The lowest BCUT2D eigenvalue weighted by atomic mass is 9.90. The van der Waals surface area contributed by atoms with Gasteiger partial charge in [0.15, 0.2) is 0 Å². The molecule has 94 valence electrons. The fourth-order valence-corrected chi connectivity index (χ4v) is 2.70. The normalized spacial score (nSPS) is 26.1. The van der Waals surface area contributed by atoms with E-state index in [1.807, 2.05) is 12.1 Å². The highest BCUT2D eigenvalue weighted by atomic mass is 19.1. The lowest BCUT2D eigenvalue weighted by Crippen LogP contribution is -2.45.